The molecule has 6 nitrogen and oxygen atoms in total. The summed E-state index contributed by atoms with van der Waals surface area (Å²) >= 11 is 5.91. The molecule has 0 radical (unpaired) electrons. The number of hydrogen-bond donors (Lipinski definition) is 1. The minimum atomic E-state index is -0.227. The SMILES string of the molecule is O=C(c1ccc(Cl)cc1)N1CC[NH+](CCN2C(=O)c3cccc4cccc(c34)C2=O)CC1. The highest BCUT2D eigenvalue weighted by Crippen LogP contribution is 2.29. The lowest BCUT2D eigenvalue weighted by atomic mass is 9.94. The Balaban J connectivity index is 1.22. The maximum absolute atomic E-state index is 13.0. The monoisotopic (exact) mass is 448 g/mol. The van der Waals surface area contributed by atoms with Gasteiger partial charge >= 0.3 is 0 Å². The highest BCUT2D eigenvalue weighted by atomic mass is 35.5. The van der Waals surface area contributed by atoms with Crippen molar-refractivity contribution in [1.29, 1.82) is 0 Å². The molecular weight excluding hydrogens is 426 g/mol. The van der Waals surface area contributed by atoms with Crippen LogP contribution in [0.5, 0.6) is 0 Å². The first-order valence-electron chi connectivity index (χ1n) is 10.8. The maximum Gasteiger partial charge on any atom is 0.261 e. The number of hydrogen-bond acceptors (Lipinski definition) is 3. The van der Waals surface area contributed by atoms with Crippen molar-refractivity contribution in [3.8, 4) is 0 Å². The molecule has 3 amide bonds. The van der Waals surface area contributed by atoms with Crippen molar-refractivity contribution in [2.75, 3.05) is 39.3 Å². The lowest BCUT2D eigenvalue weighted by Gasteiger charge is -2.34. The van der Waals surface area contributed by atoms with Gasteiger partial charge in [-0.15, -0.1) is 0 Å². The molecule has 1 fully saturated rings. The van der Waals surface area contributed by atoms with Gasteiger partial charge in [0.25, 0.3) is 17.7 Å². The summed E-state index contributed by atoms with van der Waals surface area (Å²) in [5, 5.41) is 2.27. The van der Waals surface area contributed by atoms with E-state index >= 15 is 0 Å². The van der Waals surface area contributed by atoms with Crippen molar-refractivity contribution < 1.29 is 19.3 Å². The molecule has 162 valence electrons. The number of quaternary nitrogens is 1. The van der Waals surface area contributed by atoms with Gasteiger partial charge in [0.05, 0.1) is 39.3 Å². The number of rotatable bonds is 4. The van der Waals surface area contributed by atoms with Crippen molar-refractivity contribution in [1.82, 2.24) is 9.80 Å². The Morgan fingerprint density at radius 3 is 2.06 bits per heavy atom. The van der Waals surface area contributed by atoms with Crippen molar-refractivity contribution in [3.63, 3.8) is 0 Å². The molecule has 0 unspecified atom stereocenters. The van der Waals surface area contributed by atoms with Gasteiger partial charge in [0.2, 0.25) is 0 Å². The van der Waals surface area contributed by atoms with Gasteiger partial charge in [-0.2, -0.15) is 0 Å². The van der Waals surface area contributed by atoms with Crippen molar-refractivity contribution >= 4 is 40.1 Å². The zero-order chi connectivity index (χ0) is 22.2. The average Bonchev–Trinajstić information content (AvgIpc) is 2.83. The summed E-state index contributed by atoms with van der Waals surface area (Å²) in [6.45, 7) is 3.87. The van der Waals surface area contributed by atoms with Crippen molar-refractivity contribution in [2.45, 2.75) is 0 Å². The predicted molar refractivity (Wildman–Crippen MR) is 122 cm³/mol. The van der Waals surface area contributed by atoms with Crippen molar-refractivity contribution in [2.24, 2.45) is 0 Å². The number of amides is 3. The van der Waals surface area contributed by atoms with Crippen LogP contribution in [0.3, 0.4) is 0 Å². The molecule has 7 heteroatoms. The lowest BCUT2D eigenvalue weighted by Crippen LogP contribution is -3.15. The standard InChI is InChI=1S/C25H22ClN3O3/c26-19-9-7-18(8-10-19)23(30)28-14-11-27(12-15-28)13-16-29-24(31)20-5-1-3-17-4-2-6-21(22(17)20)25(29)32/h1-10H,11-16H2/p+1. The van der Waals surface area contributed by atoms with Gasteiger partial charge in [0.1, 0.15) is 0 Å². The molecule has 2 heterocycles. The van der Waals surface area contributed by atoms with Gasteiger partial charge in [-0.05, 0) is 41.8 Å². The molecule has 0 bridgehead atoms. The molecule has 0 atom stereocenters. The fourth-order valence-electron chi connectivity index (χ4n) is 4.60. The van der Waals surface area contributed by atoms with Gasteiger partial charge in [-0.1, -0.05) is 35.9 Å². The zero-order valence-electron chi connectivity index (χ0n) is 17.5. The largest absolute Gasteiger partial charge is 0.331 e. The fraction of sp³-hybridized carbons (Fsp3) is 0.240. The summed E-state index contributed by atoms with van der Waals surface area (Å²) in [7, 11) is 0. The number of carbonyl (C=O) groups is 3. The first-order chi connectivity index (χ1) is 15.5. The second-order valence-electron chi connectivity index (χ2n) is 8.27. The molecule has 0 aliphatic carbocycles. The lowest BCUT2D eigenvalue weighted by molar-refractivity contribution is -0.903. The van der Waals surface area contributed by atoms with E-state index in [4.69, 9.17) is 11.6 Å². The molecular formula is C25H23ClN3O3+. The zero-order valence-corrected chi connectivity index (χ0v) is 18.3. The molecule has 2 aliphatic rings. The van der Waals surface area contributed by atoms with E-state index in [1.807, 2.05) is 29.2 Å². The summed E-state index contributed by atoms with van der Waals surface area (Å²) in [5.74, 6) is -0.447. The Hall–Kier alpha value is -3.22. The van der Waals surface area contributed by atoms with Gasteiger partial charge in [-0.3, -0.25) is 19.3 Å². The third-order valence-corrected chi connectivity index (χ3v) is 6.65. The Morgan fingerprint density at radius 1 is 0.875 bits per heavy atom. The molecule has 1 saturated heterocycles. The third-order valence-electron chi connectivity index (χ3n) is 6.39. The molecule has 5 rings (SSSR count). The molecule has 0 saturated carbocycles. The van der Waals surface area contributed by atoms with Gasteiger partial charge in [0, 0.05) is 27.1 Å². The number of nitrogens with one attached hydrogen (secondary N) is 1. The van der Waals surface area contributed by atoms with E-state index in [0.717, 1.165) is 23.9 Å². The Bertz CT molecular complexity index is 1170. The van der Waals surface area contributed by atoms with E-state index in [1.54, 1.807) is 36.4 Å². The fourth-order valence-corrected chi connectivity index (χ4v) is 4.73. The number of benzene rings is 3. The van der Waals surface area contributed by atoms with Crippen LogP contribution in [0, 0.1) is 0 Å². The highest BCUT2D eigenvalue weighted by molar-refractivity contribution is 6.30. The van der Waals surface area contributed by atoms with Crippen LogP contribution in [0.2, 0.25) is 5.02 Å². The molecule has 2 aliphatic heterocycles. The molecule has 32 heavy (non-hydrogen) atoms. The molecule has 0 spiro atoms. The van der Waals surface area contributed by atoms with E-state index in [1.165, 1.54) is 9.80 Å². The average molecular weight is 449 g/mol. The third kappa shape index (κ3) is 3.66. The second-order valence-corrected chi connectivity index (χ2v) is 8.71. The van der Waals surface area contributed by atoms with Crippen LogP contribution >= 0.6 is 11.6 Å². The number of halogens is 1. The molecule has 1 N–H and O–H groups in total. The summed E-state index contributed by atoms with van der Waals surface area (Å²) in [6.07, 6.45) is 0. The highest BCUT2D eigenvalue weighted by Gasteiger charge is 2.33. The smallest absolute Gasteiger partial charge is 0.261 e. The second kappa shape index (κ2) is 8.37. The van der Waals surface area contributed by atoms with Gasteiger partial charge in [-0.25, -0.2) is 0 Å². The summed E-state index contributed by atoms with van der Waals surface area (Å²) in [5.41, 5.74) is 1.81. The summed E-state index contributed by atoms with van der Waals surface area (Å²) < 4.78 is 0. The maximum atomic E-state index is 13.0. The first kappa shape index (κ1) is 20.7. The van der Waals surface area contributed by atoms with Crippen LogP contribution in [-0.4, -0.2) is 66.8 Å². The minimum absolute atomic E-state index is 0.00630. The number of imide groups is 1. The molecule has 0 aromatic heterocycles. The predicted octanol–water partition coefficient (Wildman–Crippen LogP) is 2.13. The van der Waals surface area contributed by atoms with Crippen LogP contribution in [-0.2, 0) is 0 Å². The number of carbonyl (C=O) groups excluding carboxylic acids is 3. The number of piperazine rings is 1. The topological polar surface area (TPSA) is 62.1 Å². The Labute approximate surface area is 191 Å². The Kier molecular flexibility index (Phi) is 5.41. The van der Waals surface area contributed by atoms with Crippen molar-refractivity contribution in [3.05, 3.63) is 82.4 Å². The Morgan fingerprint density at radius 2 is 1.47 bits per heavy atom. The van der Waals surface area contributed by atoms with Gasteiger partial charge in [0.15, 0.2) is 0 Å². The normalized spacial score (nSPS) is 16.7. The van der Waals surface area contributed by atoms with E-state index in [-0.39, 0.29) is 17.7 Å². The van der Waals surface area contributed by atoms with Gasteiger partial charge < -0.3 is 9.80 Å². The molecule has 3 aromatic rings. The van der Waals surface area contributed by atoms with E-state index in [2.05, 4.69) is 0 Å². The number of nitrogens with zero attached hydrogens (tertiary/aromatic N) is 2. The van der Waals surface area contributed by atoms with Crippen LogP contribution in [0.4, 0.5) is 0 Å². The van der Waals surface area contributed by atoms with Crippen LogP contribution in [0.15, 0.2) is 60.7 Å². The first-order valence-corrected chi connectivity index (χ1v) is 11.2. The quantitative estimate of drug-likeness (QED) is 0.622. The van der Waals surface area contributed by atoms with Crippen LogP contribution in [0.1, 0.15) is 31.1 Å². The van der Waals surface area contributed by atoms with Crippen LogP contribution in [0.25, 0.3) is 10.8 Å². The molecule has 3 aromatic carbocycles. The van der Waals surface area contributed by atoms with Crippen LogP contribution < -0.4 is 4.90 Å². The van der Waals surface area contributed by atoms with E-state index in [0.29, 0.717) is 47.9 Å². The summed E-state index contributed by atoms with van der Waals surface area (Å²) in [6, 6.07) is 18.1. The minimum Gasteiger partial charge on any atom is -0.331 e. The van der Waals surface area contributed by atoms with E-state index in [9.17, 15) is 14.4 Å². The summed E-state index contributed by atoms with van der Waals surface area (Å²) in [4.78, 5) is 43.3. The van der Waals surface area contributed by atoms with E-state index < -0.39 is 0 Å².